The standard InChI is InChI=1S/C17H29N3O4/c1-10(2)13(11(3)21)19-12-7-17(9-18-14(17)22)20(8-12)15(23)24-16(4,5)6/h10,12-13,19H,7-9H2,1-6H3,(H,18,22)/t12?,13-,17?/m0/s1. The molecule has 2 rings (SSSR count). The Balaban J connectivity index is 2.15. The van der Waals surface area contributed by atoms with Crippen molar-refractivity contribution < 1.29 is 19.1 Å². The van der Waals surface area contributed by atoms with E-state index in [0.29, 0.717) is 19.5 Å². The summed E-state index contributed by atoms with van der Waals surface area (Å²) in [7, 11) is 0. The number of hydrogen-bond acceptors (Lipinski definition) is 5. The van der Waals surface area contributed by atoms with Crippen LogP contribution in [0.2, 0.25) is 0 Å². The third-order valence-electron chi connectivity index (χ3n) is 4.60. The van der Waals surface area contributed by atoms with Gasteiger partial charge in [0.25, 0.3) is 0 Å². The number of β-lactam (4-membered cyclic amide) rings is 1. The maximum Gasteiger partial charge on any atom is 0.411 e. The van der Waals surface area contributed by atoms with Crippen molar-refractivity contribution in [2.24, 2.45) is 5.92 Å². The molecule has 2 heterocycles. The molecule has 2 N–H and O–H groups in total. The zero-order chi connectivity index (χ0) is 18.3. The number of amides is 2. The Morgan fingerprint density at radius 2 is 2.00 bits per heavy atom. The Labute approximate surface area is 143 Å². The minimum atomic E-state index is -0.849. The molecule has 0 bridgehead atoms. The van der Waals surface area contributed by atoms with Crippen LogP contribution in [0.3, 0.4) is 0 Å². The van der Waals surface area contributed by atoms with Crippen LogP contribution in [0.15, 0.2) is 0 Å². The molecule has 0 aromatic rings. The summed E-state index contributed by atoms with van der Waals surface area (Å²) in [5, 5.41) is 6.05. The van der Waals surface area contributed by atoms with E-state index in [2.05, 4.69) is 10.6 Å². The normalized spacial score (nSPS) is 27.9. The van der Waals surface area contributed by atoms with Crippen molar-refractivity contribution in [1.82, 2.24) is 15.5 Å². The summed E-state index contributed by atoms with van der Waals surface area (Å²) in [6.45, 7) is 11.7. The highest BCUT2D eigenvalue weighted by atomic mass is 16.6. The Kier molecular flexibility index (Phi) is 4.95. The van der Waals surface area contributed by atoms with E-state index < -0.39 is 17.2 Å². The van der Waals surface area contributed by atoms with Crippen molar-refractivity contribution in [2.45, 2.75) is 71.2 Å². The predicted molar refractivity (Wildman–Crippen MR) is 89.5 cm³/mol. The number of carbonyl (C=O) groups is 3. The molecule has 2 unspecified atom stereocenters. The second kappa shape index (κ2) is 6.35. The second-order valence-electron chi connectivity index (χ2n) is 8.21. The quantitative estimate of drug-likeness (QED) is 0.748. The zero-order valence-electron chi connectivity index (χ0n) is 15.4. The predicted octanol–water partition coefficient (Wildman–Crippen LogP) is 1.07. The summed E-state index contributed by atoms with van der Waals surface area (Å²) in [5.41, 5.74) is -1.47. The fraction of sp³-hybridized carbons (Fsp3) is 0.824. The molecule has 0 aromatic heterocycles. The maximum absolute atomic E-state index is 12.5. The van der Waals surface area contributed by atoms with Crippen molar-refractivity contribution in [2.75, 3.05) is 13.1 Å². The molecule has 7 heteroatoms. The number of hydrogen-bond donors (Lipinski definition) is 2. The van der Waals surface area contributed by atoms with Gasteiger partial charge >= 0.3 is 6.09 Å². The molecule has 2 fully saturated rings. The number of likely N-dealkylation sites (tertiary alicyclic amines) is 1. The lowest BCUT2D eigenvalue weighted by Crippen LogP contribution is -2.71. The fourth-order valence-electron chi connectivity index (χ4n) is 3.44. The maximum atomic E-state index is 12.5. The monoisotopic (exact) mass is 339 g/mol. The number of rotatable bonds is 4. The van der Waals surface area contributed by atoms with E-state index in [9.17, 15) is 14.4 Å². The Hall–Kier alpha value is -1.63. The molecule has 3 atom stereocenters. The van der Waals surface area contributed by atoms with E-state index in [1.165, 1.54) is 4.90 Å². The molecule has 2 aliphatic heterocycles. The van der Waals surface area contributed by atoms with Crippen LogP contribution in [0.25, 0.3) is 0 Å². The van der Waals surface area contributed by atoms with Crippen LogP contribution in [0.4, 0.5) is 4.79 Å². The molecule has 0 saturated carbocycles. The molecule has 0 radical (unpaired) electrons. The highest BCUT2D eigenvalue weighted by molar-refractivity contribution is 5.96. The number of ether oxygens (including phenoxy) is 1. The van der Waals surface area contributed by atoms with E-state index >= 15 is 0 Å². The van der Waals surface area contributed by atoms with Crippen LogP contribution in [-0.2, 0) is 14.3 Å². The minimum Gasteiger partial charge on any atom is -0.444 e. The first-order valence-electron chi connectivity index (χ1n) is 8.52. The van der Waals surface area contributed by atoms with E-state index in [0.717, 1.165) is 0 Å². The van der Waals surface area contributed by atoms with E-state index in [4.69, 9.17) is 4.74 Å². The Morgan fingerprint density at radius 1 is 1.38 bits per heavy atom. The van der Waals surface area contributed by atoms with Crippen LogP contribution < -0.4 is 10.6 Å². The smallest absolute Gasteiger partial charge is 0.411 e. The Morgan fingerprint density at radius 3 is 2.38 bits per heavy atom. The number of nitrogens with one attached hydrogen (secondary N) is 2. The fourth-order valence-corrected chi connectivity index (χ4v) is 3.44. The topological polar surface area (TPSA) is 87.7 Å². The van der Waals surface area contributed by atoms with E-state index in [-0.39, 0.29) is 29.7 Å². The van der Waals surface area contributed by atoms with Gasteiger partial charge in [-0.1, -0.05) is 13.8 Å². The number of Topliss-reactive ketones (excluding diaryl/α,β-unsaturated/α-hetero) is 1. The molecular formula is C17H29N3O4. The van der Waals surface area contributed by atoms with E-state index in [1.54, 1.807) is 27.7 Å². The molecule has 7 nitrogen and oxygen atoms in total. The van der Waals surface area contributed by atoms with Crippen molar-refractivity contribution in [1.29, 1.82) is 0 Å². The van der Waals surface area contributed by atoms with Gasteiger partial charge in [-0.25, -0.2) is 4.79 Å². The second-order valence-corrected chi connectivity index (χ2v) is 8.21. The summed E-state index contributed by atoms with van der Waals surface area (Å²) in [6.07, 6.45) is 0.0137. The first-order chi connectivity index (χ1) is 11.0. The SMILES string of the molecule is CC(=O)[C@@H](NC1CN(C(=O)OC(C)(C)C)C2(CNC2=O)C1)C(C)C. The van der Waals surface area contributed by atoms with Crippen LogP contribution in [0.5, 0.6) is 0 Å². The van der Waals surface area contributed by atoms with Gasteiger partial charge in [-0.3, -0.25) is 14.5 Å². The molecule has 24 heavy (non-hydrogen) atoms. The van der Waals surface area contributed by atoms with Gasteiger partial charge in [-0.15, -0.1) is 0 Å². The molecular weight excluding hydrogens is 310 g/mol. The van der Waals surface area contributed by atoms with E-state index in [1.807, 2.05) is 13.8 Å². The molecule has 136 valence electrons. The highest BCUT2D eigenvalue weighted by Crippen LogP contribution is 2.35. The van der Waals surface area contributed by atoms with Crippen LogP contribution in [0.1, 0.15) is 48.0 Å². The third-order valence-corrected chi connectivity index (χ3v) is 4.60. The Bertz CT molecular complexity index is 540. The minimum absolute atomic E-state index is 0.0628. The first-order valence-corrected chi connectivity index (χ1v) is 8.52. The number of ketones is 1. The largest absolute Gasteiger partial charge is 0.444 e. The number of carbonyl (C=O) groups excluding carboxylic acids is 3. The molecule has 2 aliphatic rings. The van der Waals surface area contributed by atoms with Crippen LogP contribution in [0, 0.1) is 5.92 Å². The third kappa shape index (κ3) is 3.55. The molecule has 0 aliphatic carbocycles. The summed E-state index contributed by atoms with van der Waals surface area (Å²) >= 11 is 0. The zero-order valence-corrected chi connectivity index (χ0v) is 15.4. The molecule has 2 amide bonds. The summed E-state index contributed by atoms with van der Waals surface area (Å²) in [5.74, 6) is 0.0543. The van der Waals surface area contributed by atoms with Crippen LogP contribution >= 0.6 is 0 Å². The lowest BCUT2D eigenvalue weighted by atomic mass is 9.87. The van der Waals surface area contributed by atoms with Crippen molar-refractivity contribution in [3.8, 4) is 0 Å². The van der Waals surface area contributed by atoms with Crippen molar-refractivity contribution in [3.05, 3.63) is 0 Å². The van der Waals surface area contributed by atoms with Gasteiger partial charge in [0.1, 0.15) is 16.9 Å². The van der Waals surface area contributed by atoms with Crippen molar-refractivity contribution in [3.63, 3.8) is 0 Å². The number of nitrogens with zero attached hydrogens (tertiary/aromatic N) is 1. The van der Waals surface area contributed by atoms with Gasteiger partial charge < -0.3 is 15.4 Å². The summed E-state index contributed by atoms with van der Waals surface area (Å²) in [6, 6.07) is -0.395. The van der Waals surface area contributed by atoms with Gasteiger partial charge in [0.2, 0.25) is 5.91 Å². The van der Waals surface area contributed by atoms with Gasteiger partial charge in [0.15, 0.2) is 0 Å². The van der Waals surface area contributed by atoms with Crippen molar-refractivity contribution >= 4 is 17.8 Å². The van der Waals surface area contributed by atoms with Gasteiger partial charge in [0, 0.05) is 12.6 Å². The highest BCUT2D eigenvalue weighted by Gasteiger charge is 2.59. The molecule has 2 saturated heterocycles. The first kappa shape index (κ1) is 18.7. The van der Waals surface area contributed by atoms with Gasteiger partial charge in [-0.2, -0.15) is 0 Å². The van der Waals surface area contributed by atoms with Gasteiger partial charge in [0.05, 0.1) is 12.6 Å². The lowest BCUT2D eigenvalue weighted by molar-refractivity contribution is -0.140. The average Bonchev–Trinajstić information content (AvgIpc) is 2.82. The summed E-state index contributed by atoms with van der Waals surface area (Å²) < 4.78 is 5.46. The summed E-state index contributed by atoms with van der Waals surface area (Å²) in [4.78, 5) is 38.1. The van der Waals surface area contributed by atoms with Gasteiger partial charge in [-0.05, 0) is 40.0 Å². The molecule has 0 aromatic carbocycles. The van der Waals surface area contributed by atoms with Crippen LogP contribution in [-0.4, -0.2) is 59.0 Å². The molecule has 1 spiro atoms. The average molecular weight is 339 g/mol. The lowest BCUT2D eigenvalue weighted by Gasteiger charge is -2.44.